The van der Waals surface area contributed by atoms with Gasteiger partial charge in [-0.25, -0.2) is 0 Å². The SMILES string of the molecule is CCOc1cc(C(=O)NC(Cc2ccccc2)C(O)CNCc2cc(C(F)(F)F)cc(C(F)(F)F)c2)cc(N2CCCCS2(O)O)c1. The van der Waals surface area contributed by atoms with E-state index >= 15 is 0 Å². The summed E-state index contributed by atoms with van der Waals surface area (Å²) in [5, 5.41) is 16.6. The van der Waals surface area contributed by atoms with Crippen molar-refractivity contribution >= 4 is 22.4 Å². The molecule has 47 heavy (non-hydrogen) atoms. The zero-order chi connectivity index (χ0) is 34.4. The lowest BCUT2D eigenvalue weighted by atomic mass is 10.00. The average Bonchev–Trinajstić information content (AvgIpc) is 3.00. The maximum absolute atomic E-state index is 13.6. The van der Waals surface area contributed by atoms with Gasteiger partial charge in [-0.15, -0.1) is 10.8 Å². The summed E-state index contributed by atoms with van der Waals surface area (Å²) in [4.78, 5) is 13.6. The highest BCUT2D eigenvalue weighted by Gasteiger charge is 2.37. The molecule has 0 aromatic heterocycles. The van der Waals surface area contributed by atoms with E-state index < -0.39 is 58.9 Å². The van der Waals surface area contributed by atoms with E-state index in [9.17, 15) is 45.3 Å². The first-order valence-electron chi connectivity index (χ1n) is 14.9. The second-order valence-electron chi connectivity index (χ2n) is 11.2. The molecule has 0 saturated carbocycles. The lowest BCUT2D eigenvalue weighted by molar-refractivity contribution is -0.143. The number of hydrogen-bond donors (Lipinski definition) is 5. The van der Waals surface area contributed by atoms with Crippen LogP contribution in [0.4, 0.5) is 32.0 Å². The molecule has 0 aliphatic carbocycles. The molecule has 3 aromatic carbocycles. The monoisotopic (exact) mass is 689 g/mol. The molecule has 3 aromatic rings. The minimum atomic E-state index is -4.99. The van der Waals surface area contributed by atoms with Gasteiger partial charge >= 0.3 is 12.4 Å². The minimum absolute atomic E-state index is 0.0450. The molecule has 0 radical (unpaired) electrons. The number of ether oxygens (including phenoxy) is 1. The Morgan fingerprint density at radius 3 is 2.19 bits per heavy atom. The Balaban J connectivity index is 1.54. The van der Waals surface area contributed by atoms with Gasteiger partial charge in [0.05, 0.1) is 41.3 Å². The largest absolute Gasteiger partial charge is 0.494 e. The van der Waals surface area contributed by atoms with Crippen LogP contribution in [0, 0.1) is 0 Å². The molecule has 1 aliphatic heterocycles. The van der Waals surface area contributed by atoms with Crippen molar-refractivity contribution in [3.05, 3.63) is 94.5 Å². The Morgan fingerprint density at radius 2 is 1.60 bits per heavy atom. The number of carbonyl (C=O) groups excluding carboxylic acids is 1. The number of anilines is 1. The molecule has 4 rings (SSSR count). The highest BCUT2D eigenvalue weighted by molar-refractivity contribution is 8.25. The van der Waals surface area contributed by atoms with E-state index in [1.165, 1.54) is 16.4 Å². The molecule has 258 valence electrons. The van der Waals surface area contributed by atoms with Gasteiger partial charge in [0.1, 0.15) is 5.75 Å². The van der Waals surface area contributed by atoms with Gasteiger partial charge in [-0.1, -0.05) is 30.3 Å². The molecule has 1 aliphatic rings. The Kier molecular flexibility index (Phi) is 11.7. The van der Waals surface area contributed by atoms with Crippen LogP contribution in [0.5, 0.6) is 5.75 Å². The van der Waals surface area contributed by atoms with E-state index in [-0.39, 0.29) is 42.5 Å². The molecule has 1 saturated heterocycles. The standard InChI is InChI=1S/C32H37F6N3O5S/c1-2-46-27-16-23(15-26(18-27)41-10-6-7-11-47(41,44)45)30(43)40-28(14-21-8-4-3-5-9-21)29(42)20-39-19-22-12-24(31(33,34)35)17-25(13-22)32(36,37)38/h3-5,8-9,12-13,15-18,28-29,39,42,44-45H,2,6-7,10-11,14,19-20H2,1H3,(H,40,43). The minimum Gasteiger partial charge on any atom is -0.494 e. The predicted octanol–water partition coefficient (Wildman–Crippen LogP) is 6.88. The van der Waals surface area contributed by atoms with Gasteiger partial charge in [0.2, 0.25) is 0 Å². The van der Waals surface area contributed by atoms with Crippen LogP contribution in [-0.4, -0.2) is 57.7 Å². The smallest absolute Gasteiger partial charge is 0.416 e. The molecule has 2 unspecified atom stereocenters. The maximum Gasteiger partial charge on any atom is 0.416 e. The van der Waals surface area contributed by atoms with E-state index in [1.54, 1.807) is 43.3 Å². The average molecular weight is 690 g/mol. The lowest BCUT2D eigenvalue weighted by Gasteiger charge is -2.47. The van der Waals surface area contributed by atoms with Gasteiger partial charge < -0.3 is 20.5 Å². The quantitative estimate of drug-likeness (QED) is 0.132. The molecule has 1 heterocycles. The molecule has 1 amide bonds. The third-order valence-corrected chi connectivity index (χ3v) is 9.48. The van der Waals surface area contributed by atoms with Crippen molar-refractivity contribution in [1.82, 2.24) is 10.6 Å². The van der Waals surface area contributed by atoms with Gasteiger partial charge in [-0.2, -0.15) is 26.3 Å². The molecule has 1 fully saturated rings. The number of aliphatic hydroxyl groups excluding tert-OH is 1. The second-order valence-corrected chi connectivity index (χ2v) is 13.3. The highest BCUT2D eigenvalue weighted by Crippen LogP contribution is 2.50. The summed E-state index contributed by atoms with van der Waals surface area (Å²) >= 11 is 0. The zero-order valence-corrected chi connectivity index (χ0v) is 26.3. The van der Waals surface area contributed by atoms with E-state index in [4.69, 9.17) is 4.74 Å². The number of alkyl halides is 6. The van der Waals surface area contributed by atoms with Crippen molar-refractivity contribution in [2.75, 3.05) is 29.8 Å². The number of amides is 1. The van der Waals surface area contributed by atoms with Crippen molar-refractivity contribution in [2.45, 2.75) is 57.2 Å². The lowest BCUT2D eigenvalue weighted by Crippen LogP contribution is -2.48. The van der Waals surface area contributed by atoms with Crippen molar-refractivity contribution in [2.24, 2.45) is 0 Å². The summed E-state index contributed by atoms with van der Waals surface area (Å²) in [5.74, 6) is -0.116. The van der Waals surface area contributed by atoms with Crippen LogP contribution in [-0.2, 0) is 25.3 Å². The first-order chi connectivity index (χ1) is 22.1. The summed E-state index contributed by atoms with van der Waals surface area (Å²) in [7, 11) is -3.11. The Morgan fingerprint density at radius 1 is 0.936 bits per heavy atom. The van der Waals surface area contributed by atoms with Crippen LogP contribution >= 0.6 is 10.8 Å². The molecule has 0 bridgehead atoms. The third kappa shape index (κ3) is 10.00. The van der Waals surface area contributed by atoms with Crippen LogP contribution < -0.4 is 19.7 Å². The number of aliphatic hydroxyl groups is 1. The molecule has 0 spiro atoms. The van der Waals surface area contributed by atoms with Crippen molar-refractivity contribution in [1.29, 1.82) is 0 Å². The topological polar surface area (TPSA) is 114 Å². The van der Waals surface area contributed by atoms with Crippen LogP contribution in [0.25, 0.3) is 0 Å². The van der Waals surface area contributed by atoms with Crippen molar-refractivity contribution in [3.8, 4) is 5.75 Å². The molecular weight excluding hydrogens is 652 g/mol. The van der Waals surface area contributed by atoms with Gasteiger partial charge in [0.25, 0.3) is 5.91 Å². The van der Waals surface area contributed by atoms with Crippen LogP contribution in [0.3, 0.4) is 0 Å². The molecule has 2 atom stereocenters. The Labute approximate surface area is 270 Å². The van der Waals surface area contributed by atoms with Gasteiger partial charge in [0.15, 0.2) is 0 Å². The van der Waals surface area contributed by atoms with Crippen LogP contribution in [0.1, 0.15) is 52.4 Å². The number of nitrogens with zero attached hydrogens (tertiary/aromatic N) is 1. The number of rotatable bonds is 12. The predicted molar refractivity (Wildman–Crippen MR) is 167 cm³/mol. The van der Waals surface area contributed by atoms with E-state index in [2.05, 4.69) is 10.6 Å². The van der Waals surface area contributed by atoms with E-state index in [0.29, 0.717) is 43.0 Å². The highest BCUT2D eigenvalue weighted by atomic mass is 32.3. The third-order valence-electron chi connectivity index (χ3n) is 7.54. The number of carbonyl (C=O) groups is 1. The van der Waals surface area contributed by atoms with Crippen LogP contribution in [0.2, 0.25) is 0 Å². The molecule has 15 heteroatoms. The first kappa shape index (κ1) is 36.3. The van der Waals surface area contributed by atoms with Gasteiger partial charge in [0, 0.05) is 31.3 Å². The summed E-state index contributed by atoms with van der Waals surface area (Å²) in [6, 6.07) is 13.8. The number of halogens is 6. The van der Waals surface area contributed by atoms with Gasteiger partial charge in [-0.3, -0.25) is 18.2 Å². The number of nitrogens with one attached hydrogen (secondary N) is 2. The fourth-order valence-corrected chi connectivity index (χ4v) is 6.92. The number of hydrogen-bond acceptors (Lipinski definition) is 7. The fourth-order valence-electron chi connectivity index (χ4n) is 5.24. The maximum atomic E-state index is 13.6. The molecule has 5 N–H and O–H groups in total. The van der Waals surface area contributed by atoms with E-state index in [1.807, 2.05) is 0 Å². The Hall–Kier alpha value is -3.50. The molecule has 8 nitrogen and oxygen atoms in total. The number of benzene rings is 3. The normalized spacial score (nSPS) is 17.1. The van der Waals surface area contributed by atoms with Crippen LogP contribution in [0.15, 0.2) is 66.7 Å². The summed E-state index contributed by atoms with van der Waals surface area (Å²) in [6.07, 6.45) is -9.82. The second kappa shape index (κ2) is 15.2. The van der Waals surface area contributed by atoms with Crippen molar-refractivity contribution in [3.63, 3.8) is 0 Å². The fraction of sp³-hybridized carbons (Fsp3) is 0.406. The summed E-state index contributed by atoms with van der Waals surface area (Å²) in [6.45, 7) is 1.68. The molecular formula is C32H37F6N3O5S. The summed E-state index contributed by atoms with van der Waals surface area (Å²) < 4.78 is 108. The van der Waals surface area contributed by atoms with E-state index in [0.717, 1.165) is 5.56 Å². The zero-order valence-electron chi connectivity index (χ0n) is 25.4. The Bertz CT molecular complexity index is 1470. The first-order valence-corrected chi connectivity index (χ1v) is 16.6. The van der Waals surface area contributed by atoms with Crippen molar-refractivity contribution < 1.29 is 50.1 Å². The van der Waals surface area contributed by atoms with Gasteiger partial charge in [-0.05, 0) is 67.6 Å². The summed E-state index contributed by atoms with van der Waals surface area (Å²) in [5.41, 5.74) is -1.94.